The number of allylic oxidation sites excluding steroid dienone is 1. The van der Waals surface area contributed by atoms with Gasteiger partial charge in [-0.15, -0.1) is 0 Å². The lowest BCUT2D eigenvalue weighted by Crippen LogP contribution is -2.66. The number of rotatable bonds is 46. The highest BCUT2D eigenvalue weighted by atomic mass is 16.8. The fraction of sp³-hybridized carbons (Fsp3) is 0.949. The Labute approximate surface area is 467 Å². The van der Waals surface area contributed by atoms with Gasteiger partial charge in [-0.05, 0) is 19.3 Å². The van der Waals surface area contributed by atoms with E-state index >= 15 is 0 Å². The third-order valence-electron chi connectivity index (χ3n) is 15.8. The van der Waals surface area contributed by atoms with Gasteiger partial charge in [0, 0.05) is 6.42 Å². The lowest BCUT2D eigenvalue weighted by Gasteiger charge is -2.48. The molecule has 0 aromatic rings. The zero-order chi connectivity index (χ0) is 56.9. The van der Waals surface area contributed by atoms with E-state index in [1.54, 1.807) is 6.08 Å². The number of carbonyl (C=O) groups is 1. The highest BCUT2D eigenvalue weighted by Crippen LogP contribution is 2.33. The standard InChI is InChI=1S/C59H111NO18/c1-3-5-7-9-11-13-15-17-19-20-21-22-23-25-27-29-31-33-35-37-47(65)60-42(43(64)36-34-32-30-28-26-24-18-16-14-12-10-8-6-4-2)41-73-57-53(71)50(68)55(45(39-62)75-57)78-59-54(72)51(69)56(46(40-63)76-59)77-58-52(70)49(67)48(66)44(38-61)74-58/h34,36,42-46,48-59,61-64,66-72H,3-33,35,37-41H2,1-2H3,(H,60,65)/b36-34+. The smallest absolute Gasteiger partial charge is 0.220 e. The molecular weight excluding hydrogens is 1010 g/mol. The molecule has 0 radical (unpaired) electrons. The Hall–Kier alpha value is -1.47. The van der Waals surface area contributed by atoms with Crippen LogP contribution in [0.15, 0.2) is 12.2 Å². The summed E-state index contributed by atoms with van der Waals surface area (Å²) in [4.78, 5) is 13.3. The monoisotopic (exact) mass is 1120 g/mol. The number of amides is 1. The molecule has 78 heavy (non-hydrogen) atoms. The van der Waals surface area contributed by atoms with E-state index in [2.05, 4.69) is 19.2 Å². The molecule has 0 aromatic heterocycles. The number of ether oxygens (including phenoxy) is 6. The van der Waals surface area contributed by atoms with Crippen LogP contribution in [0.4, 0.5) is 0 Å². The molecule has 19 nitrogen and oxygen atoms in total. The van der Waals surface area contributed by atoms with Crippen molar-refractivity contribution in [3.05, 3.63) is 12.2 Å². The summed E-state index contributed by atoms with van der Waals surface area (Å²) in [5.74, 6) is -0.272. The van der Waals surface area contributed by atoms with Crippen LogP contribution in [0.25, 0.3) is 0 Å². The highest BCUT2D eigenvalue weighted by Gasteiger charge is 2.53. The van der Waals surface area contributed by atoms with E-state index in [0.717, 1.165) is 44.9 Å². The predicted molar refractivity (Wildman–Crippen MR) is 296 cm³/mol. The first-order valence-electron chi connectivity index (χ1n) is 30.9. The Balaban J connectivity index is 1.49. The Morgan fingerprint density at radius 2 is 0.795 bits per heavy atom. The first kappa shape index (κ1) is 70.8. The molecule has 3 aliphatic heterocycles. The van der Waals surface area contributed by atoms with Crippen LogP contribution in [0.3, 0.4) is 0 Å². The van der Waals surface area contributed by atoms with E-state index in [1.807, 2.05) is 6.08 Å². The molecule has 3 fully saturated rings. The number of aliphatic hydroxyl groups excluding tert-OH is 11. The van der Waals surface area contributed by atoms with Crippen LogP contribution < -0.4 is 5.32 Å². The van der Waals surface area contributed by atoms with Crippen molar-refractivity contribution >= 4 is 5.91 Å². The summed E-state index contributed by atoms with van der Waals surface area (Å²) in [7, 11) is 0. The van der Waals surface area contributed by atoms with E-state index in [0.29, 0.717) is 6.42 Å². The van der Waals surface area contributed by atoms with Gasteiger partial charge in [0.2, 0.25) is 5.91 Å². The van der Waals surface area contributed by atoms with Crippen LogP contribution in [0.2, 0.25) is 0 Å². The highest BCUT2D eigenvalue weighted by molar-refractivity contribution is 5.76. The van der Waals surface area contributed by atoms with Crippen LogP contribution >= 0.6 is 0 Å². The minimum Gasteiger partial charge on any atom is -0.394 e. The topological polar surface area (TPSA) is 307 Å². The molecule has 12 N–H and O–H groups in total. The number of hydrogen-bond donors (Lipinski definition) is 12. The quantitative estimate of drug-likeness (QED) is 0.0254. The van der Waals surface area contributed by atoms with Gasteiger partial charge in [0.25, 0.3) is 0 Å². The number of nitrogens with one attached hydrogen (secondary N) is 1. The van der Waals surface area contributed by atoms with Gasteiger partial charge in [-0.1, -0.05) is 212 Å². The lowest BCUT2D eigenvalue weighted by molar-refractivity contribution is -0.379. The van der Waals surface area contributed by atoms with E-state index < -0.39 is 124 Å². The van der Waals surface area contributed by atoms with Crippen molar-refractivity contribution in [1.82, 2.24) is 5.32 Å². The molecule has 3 aliphatic rings. The molecule has 3 rings (SSSR count). The number of unbranched alkanes of at least 4 members (excludes halogenated alkanes) is 30. The van der Waals surface area contributed by atoms with Crippen LogP contribution in [-0.2, 0) is 33.2 Å². The first-order chi connectivity index (χ1) is 37.8. The molecule has 0 aliphatic carbocycles. The van der Waals surface area contributed by atoms with Gasteiger partial charge in [0.15, 0.2) is 18.9 Å². The maximum absolute atomic E-state index is 13.3. The van der Waals surface area contributed by atoms with Crippen molar-refractivity contribution in [1.29, 1.82) is 0 Å². The van der Waals surface area contributed by atoms with Crippen molar-refractivity contribution in [2.24, 2.45) is 0 Å². The largest absolute Gasteiger partial charge is 0.394 e. The van der Waals surface area contributed by atoms with Crippen molar-refractivity contribution in [2.75, 3.05) is 26.4 Å². The molecule has 19 heteroatoms. The van der Waals surface area contributed by atoms with E-state index in [-0.39, 0.29) is 18.9 Å². The maximum atomic E-state index is 13.3. The minimum absolute atomic E-state index is 0.249. The summed E-state index contributed by atoms with van der Waals surface area (Å²) >= 11 is 0. The lowest BCUT2D eigenvalue weighted by atomic mass is 9.96. The molecular formula is C59H111NO18. The Bertz CT molecular complexity index is 1480. The molecule has 1 amide bonds. The molecule has 17 unspecified atom stereocenters. The summed E-state index contributed by atoms with van der Waals surface area (Å²) in [6.07, 6.45) is 16.2. The van der Waals surface area contributed by atoms with Crippen molar-refractivity contribution < 1.29 is 89.4 Å². The predicted octanol–water partition coefficient (Wildman–Crippen LogP) is 5.77. The average Bonchev–Trinajstić information content (AvgIpc) is 3.47. The zero-order valence-corrected chi connectivity index (χ0v) is 47.9. The molecule has 0 aromatic carbocycles. The van der Waals surface area contributed by atoms with E-state index in [9.17, 15) is 61.0 Å². The van der Waals surface area contributed by atoms with Crippen LogP contribution in [0, 0.1) is 0 Å². The summed E-state index contributed by atoms with van der Waals surface area (Å²) < 4.78 is 34.2. The van der Waals surface area contributed by atoms with Crippen LogP contribution in [-0.4, -0.2) is 193 Å². The molecule has 17 atom stereocenters. The summed E-state index contributed by atoms with van der Waals surface area (Å²) in [5, 5.41) is 120. The molecule has 460 valence electrons. The molecule has 0 spiro atoms. The average molecular weight is 1120 g/mol. The Morgan fingerprint density at radius 3 is 1.21 bits per heavy atom. The second-order valence-corrected chi connectivity index (χ2v) is 22.5. The normalized spacial score (nSPS) is 30.5. The maximum Gasteiger partial charge on any atom is 0.220 e. The molecule has 3 saturated heterocycles. The Kier molecular flexibility index (Phi) is 39.2. The van der Waals surface area contributed by atoms with Gasteiger partial charge in [0.05, 0.1) is 38.6 Å². The molecule has 3 heterocycles. The fourth-order valence-corrected chi connectivity index (χ4v) is 10.7. The van der Waals surface area contributed by atoms with Crippen LogP contribution in [0.1, 0.15) is 226 Å². The number of carbonyl (C=O) groups excluding carboxylic acids is 1. The third-order valence-corrected chi connectivity index (χ3v) is 15.8. The Morgan fingerprint density at radius 1 is 0.449 bits per heavy atom. The summed E-state index contributed by atoms with van der Waals surface area (Å²) in [6.45, 7) is 1.74. The van der Waals surface area contributed by atoms with Crippen molar-refractivity contribution in [2.45, 2.75) is 330 Å². The first-order valence-corrected chi connectivity index (χ1v) is 30.9. The van der Waals surface area contributed by atoms with Gasteiger partial charge >= 0.3 is 0 Å². The van der Waals surface area contributed by atoms with Gasteiger partial charge in [-0.2, -0.15) is 0 Å². The van der Waals surface area contributed by atoms with E-state index in [4.69, 9.17) is 28.4 Å². The van der Waals surface area contributed by atoms with Gasteiger partial charge < -0.3 is 89.9 Å². The SMILES string of the molecule is CCCCCCCCCCCCCC/C=C/C(O)C(COC1OC(CO)C(OC2OC(CO)C(OC3OC(CO)C(O)C(O)C3O)C(O)C2O)C(O)C1O)NC(=O)CCCCCCCCCCCCCCCCCCCCC. The van der Waals surface area contributed by atoms with Gasteiger partial charge in [0.1, 0.15) is 73.2 Å². The fourth-order valence-electron chi connectivity index (χ4n) is 10.7. The molecule has 0 bridgehead atoms. The second kappa shape index (κ2) is 43.2. The third kappa shape index (κ3) is 26.8. The number of aliphatic hydroxyl groups is 11. The molecule has 0 saturated carbocycles. The van der Waals surface area contributed by atoms with Gasteiger partial charge in [-0.3, -0.25) is 4.79 Å². The zero-order valence-electron chi connectivity index (χ0n) is 47.9. The summed E-state index contributed by atoms with van der Waals surface area (Å²) in [5.41, 5.74) is 0. The summed E-state index contributed by atoms with van der Waals surface area (Å²) in [6, 6.07) is -0.966. The van der Waals surface area contributed by atoms with Crippen molar-refractivity contribution in [3.8, 4) is 0 Å². The van der Waals surface area contributed by atoms with Gasteiger partial charge in [-0.25, -0.2) is 0 Å². The minimum atomic E-state index is -1.97. The van der Waals surface area contributed by atoms with Crippen molar-refractivity contribution in [3.63, 3.8) is 0 Å². The van der Waals surface area contributed by atoms with E-state index in [1.165, 1.54) is 154 Å². The second-order valence-electron chi connectivity index (χ2n) is 22.5. The van der Waals surface area contributed by atoms with Crippen LogP contribution in [0.5, 0.6) is 0 Å². The number of hydrogen-bond acceptors (Lipinski definition) is 18.